The second-order valence-electron chi connectivity index (χ2n) is 9.94. The molecule has 2 aromatic carbocycles. The maximum atomic E-state index is 13.9. The van der Waals surface area contributed by atoms with Crippen molar-refractivity contribution < 1.29 is 31.9 Å². The molecular weight excluding hydrogens is 521 g/mol. The van der Waals surface area contributed by atoms with Crippen LogP contribution in [-0.2, 0) is 6.42 Å². The second-order valence-corrected chi connectivity index (χ2v) is 9.94. The Hall–Kier alpha value is -3.96. The highest BCUT2D eigenvalue weighted by atomic mass is 19.4. The molecule has 1 atom stereocenters. The normalized spacial score (nSPS) is 16.5. The van der Waals surface area contributed by atoms with E-state index in [0.717, 1.165) is 5.56 Å². The summed E-state index contributed by atoms with van der Waals surface area (Å²) < 4.78 is 69.0. The maximum Gasteiger partial charge on any atom is 0.394 e. The molecule has 4 aromatic rings. The summed E-state index contributed by atoms with van der Waals surface area (Å²) in [7, 11) is 0. The lowest BCUT2D eigenvalue weighted by molar-refractivity contribution is -0.127. The van der Waals surface area contributed by atoms with Crippen LogP contribution in [0.25, 0.3) is 16.6 Å². The summed E-state index contributed by atoms with van der Waals surface area (Å²) in [6, 6.07) is 9.61. The standard InChI is InChI=1S/C27H26F5N5O2/c1-15-11-19(16(2)33-21-6-4-3-5-18(21)24(38)39)22-20(12-15)23-34-17(13-27(30,31)32)14-37(23)25(35-22)36-9-7-26(28,29)8-10-36/h3-6,11-12,14,16,33H,7-10,13H2,1-2H3,(H,38,39)/t16-/m1/s1. The molecule has 5 rings (SSSR count). The number of nitrogens with zero attached hydrogens (tertiary/aromatic N) is 4. The van der Waals surface area contributed by atoms with Gasteiger partial charge in [-0.25, -0.2) is 23.5 Å². The number of nitrogens with one attached hydrogen (secondary N) is 1. The fourth-order valence-electron chi connectivity index (χ4n) is 5.01. The first-order chi connectivity index (χ1) is 18.3. The summed E-state index contributed by atoms with van der Waals surface area (Å²) in [5.41, 5.74) is 2.41. The third kappa shape index (κ3) is 5.45. The topological polar surface area (TPSA) is 82.8 Å². The number of aryl methyl sites for hydroxylation is 1. The Bertz CT molecular complexity index is 1560. The number of carboxylic acid groups (broad SMARTS) is 1. The molecule has 2 aromatic heterocycles. The lowest BCUT2D eigenvalue weighted by Gasteiger charge is -2.33. The first-order valence-corrected chi connectivity index (χ1v) is 12.4. The number of rotatable bonds is 6. The molecule has 0 aliphatic carbocycles. The number of fused-ring (bicyclic) bond motifs is 3. The summed E-state index contributed by atoms with van der Waals surface area (Å²) >= 11 is 0. The zero-order chi connectivity index (χ0) is 28.1. The molecule has 39 heavy (non-hydrogen) atoms. The van der Waals surface area contributed by atoms with E-state index in [-0.39, 0.29) is 35.9 Å². The highest BCUT2D eigenvalue weighted by Gasteiger charge is 2.36. The molecule has 1 saturated heterocycles. The molecule has 3 heterocycles. The molecule has 0 bridgehead atoms. The number of piperidine rings is 1. The minimum absolute atomic E-state index is 0.0195. The highest BCUT2D eigenvalue weighted by molar-refractivity contribution is 5.96. The van der Waals surface area contributed by atoms with Crippen molar-refractivity contribution in [1.29, 1.82) is 0 Å². The molecule has 7 nitrogen and oxygen atoms in total. The lowest BCUT2D eigenvalue weighted by atomic mass is 10.0. The minimum atomic E-state index is -4.48. The van der Waals surface area contributed by atoms with Crippen LogP contribution in [-0.4, -0.2) is 50.6 Å². The Morgan fingerprint density at radius 3 is 2.51 bits per heavy atom. The number of alkyl halides is 5. The van der Waals surface area contributed by atoms with Gasteiger partial charge < -0.3 is 15.3 Å². The van der Waals surface area contributed by atoms with E-state index in [1.54, 1.807) is 29.2 Å². The summed E-state index contributed by atoms with van der Waals surface area (Å²) in [6.07, 6.45) is -5.25. The number of para-hydroxylation sites is 1. The summed E-state index contributed by atoms with van der Waals surface area (Å²) in [5.74, 6) is -3.68. The van der Waals surface area contributed by atoms with Gasteiger partial charge in [-0.3, -0.25) is 4.40 Å². The van der Waals surface area contributed by atoms with Gasteiger partial charge in [0.15, 0.2) is 0 Å². The number of anilines is 2. The van der Waals surface area contributed by atoms with Crippen molar-refractivity contribution in [1.82, 2.24) is 14.4 Å². The third-order valence-electron chi connectivity index (χ3n) is 6.86. The number of aromatic carboxylic acids is 1. The zero-order valence-electron chi connectivity index (χ0n) is 21.2. The van der Waals surface area contributed by atoms with E-state index in [0.29, 0.717) is 22.2 Å². The minimum Gasteiger partial charge on any atom is -0.478 e. The number of hydrogen-bond donors (Lipinski definition) is 2. The van der Waals surface area contributed by atoms with Crippen molar-refractivity contribution in [3.63, 3.8) is 0 Å². The van der Waals surface area contributed by atoms with Crippen LogP contribution in [0.3, 0.4) is 0 Å². The van der Waals surface area contributed by atoms with E-state index in [1.165, 1.54) is 16.7 Å². The van der Waals surface area contributed by atoms with Gasteiger partial charge in [-0.05, 0) is 37.6 Å². The highest BCUT2D eigenvalue weighted by Crippen LogP contribution is 2.35. The van der Waals surface area contributed by atoms with Crippen LogP contribution in [0.4, 0.5) is 33.6 Å². The molecule has 1 aliphatic heterocycles. The lowest BCUT2D eigenvalue weighted by Crippen LogP contribution is -2.40. The number of imidazole rings is 1. The molecule has 0 radical (unpaired) electrons. The first-order valence-electron chi connectivity index (χ1n) is 12.4. The van der Waals surface area contributed by atoms with Gasteiger partial charge in [0.05, 0.1) is 29.2 Å². The van der Waals surface area contributed by atoms with Crippen LogP contribution < -0.4 is 10.2 Å². The largest absolute Gasteiger partial charge is 0.478 e. The second kappa shape index (κ2) is 9.65. The molecule has 0 saturated carbocycles. The van der Waals surface area contributed by atoms with Gasteiger partial charge in [0.25, 0.3) is 5.92 Å². The Morgan fingerprint density at radius 1 is 1.15 bits per heavy atom. The van der Waals surface area contributed by atoms with E-state index < -0.39 is 43.4 Å². The Balaban J connectivity index is 1.68. The molecule has 12 heteroatoms. The molecular formula is C27H26F5N5O2. The zero-order valence-corrected chi connectivity index (χ0v) is 21.2. The van der Waals surface area contributed by atoms with Gasteiger partial charge in [-0.1, -0.05) is 18.2 Å². The third-order valence-corrected chi connectivity index (χ3v) is 6.86. The summed E-state index contributed by atoms with van der Waals surface area (Å²) in [4.78, 5) is 22.5. The van der Waals surface area contributed by atoms with Gasteiger partial charge in [0.2, 0.25) is 5.95 Å². The van der Waals surface area contributed by atoms with Crippen LogP contribution in [0.5, 0.6) is 0 Å². The van der Waals surface area contributed by atoms with Crippen LogP contribution in [0.15, 0.2) is 42.6 Å². The van der Waals surface area contributed by atoms with Crippen LogP contribution >= 0.6 is 0 Å². The fraction of sp³-hybridized carbons (Fsp3) is 0.370. The van der Waals surface area contributed by atoms with Gasteiger partial charge in [0, 0.05) is 48.8 Å². The van der Waals surface area contributed by atoms with Gasteiger partial charge in [0.1, 0.15) is 5.65 Å². The monoisotopic (exact) mass is 547 g/mol. The number of aromatic nitrogens is 3. The van der Waals surface area contributed by atoms with Crippen molar-refractivity contribution >= 4 is 34.2 Å². The van der Waals surface area contributed by atoms with Crippen LogP contribution in [0.1, 0.15) is 53.0 Å². The van der Waals surface area contributed by atoms with E-state index in [4.69, 9.17) is 4.98 Å². The van der Waals surface area contributed by atoms with E-state index in [2.05, 4.69) is 10.3 Å². The van der Waals surface area contributed by atoms with Crippen LogP contribution in [0, 0.1) is 6.92 Å². The van der Waals surface area contributed by atoms with E-state index in [9.17, 15) is 31.9 Å². The molecule has 0 spiro atoms. The molecule has 206 valence electrons. The summed E-state index contributed by atoms with van der Waals surface area (Å²) in [5, 5.41) is 13.3. The Kier molecular flexibility index (Phi) is 6.59. The van der Waals surface area contributed by atoms with Gasteiger partial charge in [-0.15, -0.1) is 0 Å². The molecule has 0 unspecified atom stereocenters. The van der Waals surface area contributed by atoms with Gasteiger partial charge in [-0.2, -0.15) is 13.2 Å². The summed E-state index contributed by atoms with van der Waals surface area (Å²) in [6.45, 7) is 3.61. The number of benzene rings is 2. The average molecular weight is 548 g/mol. The Morgan fingerprint density at radius 2 is 1.85 bits per heavy atom. The van der Waals surface area contributed by atoms with Crippen molar-refractivity contribution in [3.8, 4) is 0 Å². The maximum absolute atomic E-state index is 13.9. The Labute approximate surface area is 220 Å². The van der Waals surface area contributed by atoms with Crippen molar-refractivity contribution in [2.24, 2.45) is 0 Å². The SMILES string of the molecule is Cc1cc([C@@H](C)Nc2ccccc2C(=O)O)c2nc(N3CCC(F)(F)CC3)n3cc(CC(F)(F)F)nc3c2c1. The van der Waals surface area contributed by atoms with Gasteiger partial charge >= 0.3 is 12.1 Å². The predicted molar refractivity (Wildman–Crippen MR) is 137 cm³/mol. The number of carboxylic acids is 1. The van der Waals surface area contributed by atoms with Crippen LogP contribution in [0.2, 0.25) is 0 Å². The van der Waals surface area contributed by atoms with Crippen molar-refractivity contribution in [2.45, 2.75) is 51.3 Å². The fourth-order valence-corrected chi connectivity index (χ4v) is 5.01. The molecule has 1 aliphatic rings. The predicted octanol–water partition coefficient (Wildman–Crippen LogP) is 6.40. The molecule has 1 fully saturated rings. The quantitative estimate of drug-likeness (QED) is 0.272. The van der Waals surface area contributed by atoms with E-state index >= 15 is 0 Å². The van der Waals surface area contributed by atoms with Crippen molar-refractivity contribution in [2.75, 3.05) is 23.3 Å². The average Bonchev–Trinajstić information content (AvgIpc) is 3.26. The number of carbonyl (C=O) groups is 1. The van der Waals surface area contributed by atoms with E-state index in [1.807, 2.05) is 19.9 Å². The molecule has 2 N–H and O–H groups in total. The van der Waals surface area contributed by atoms with Crippen molar-refractivity contribution in [3.05, 3.63) is 65.0 Å². The number of halogens is 5. The number of hydrogen-bond acceptors (Lipinski definition) is 5. The first kappa shape index (κ1) is 26.6. The molecule has 0 amide bonds. The smallest absolute Gasteiger partial charge is 0.394 e.